The Bertz CT molecular complexity index is 1190. The van der Waals surface area contributed by atoms with Gasteiger partial charge >= 0.3 is 6.18 Å². The maximum absolute atomic E-state index is 13.5. The zero-order valence-electron chi connectivity index (χ0n) is 14.7. The molecule has 3 heterocycles. The first-order valence-corrected chi connectivity index (χ1v) is 8.33. The lowest BCUT2D eigenvalue weighted by molar-refractivity contribution is -0.137. The molecule has 0 unspecified atom stereocenters. The molecule has 0 spiro atoms. The van der Waals surface area contributed by atoms with Crippen LogP contribution in [0.4, 0.5) is 29.2 Å². The van der Waals surface area contributed by atoms with Gasteiger partial charge in [-0.2, -0.15) is 13.2 Å². The smallest absolute Gasteiger partial charge is 0.382 e. The normalized spacial score (nSPS) is 11.7. The van der Waals surface area contributed by atoms with Gasteiger partial charge in [0.1, 0.15) is 18.0 Å². The van der Waals surface area contributed by atoms with Crippen molar-refractivity contribution in [1.82, 2.24) is 24.6 Å². The Morgan fingerprint density at radius 2 is 1.90 bits per heavy atom. The van der Waals surface area contributed by atoms with Crippen molar-refractivity contribution in [3.05, 3.63) is 66.0 Å². The van der Waals surface area contributed by atoms with Gasteiger partial charge in [0.25, 0.3) is 0 Å². The predicted octanol–water partition coefficient (Wildman–Crippen LogP) is 3.54. The lowest BCUT2D eigenvalue weighted by atomic mass is 10.1. The number of halogens is 4. The number of benzene rings is 1. The van der Waals surface area contributed by atoms with Gasteiger partial charge < -0.3 is 11.1 Å². The minimum Gasteiger partial charge on any atom is -0.382 e. The molecule has 4 aromatic rings. The van der Waals surface area contributed by atoms with Crippen molar-refractivity contribution in [3.63, 3.8) is 0 Å². The number of hydrogen-bond acceptors (Lipinski definition) is 6. The number of alkyl halides is 3. The third-order valence-electron chi connectivity index (χ3n) is 4.10. The van der Waals surface area contributed by atoms with Crippen molar-refractivity contribution in [3.8, 4) is 11.3 Å². The van der Waals surface area contributed by atoms with E-state index >= 15 is 0 Å². The number of nitrogen functional groups attached to an aromatic ring is 1. The summed E-state index contributed by atoms with van der Waals surface area (Å²) < 4.78 is 53.6. The molecule has 3 aromatic heterocycles. The summed E-state index contributed by atoms with van der Waals surface area (Å²) in [4.78, 5) is 12.5. The van der Waals surface area contributed by atoms with Gasteiger partial charge in [0.2, 0.25) is 0 Å². The number of hydrogen-bond donors (Lipinski definition) is 2. The molecule has 0 bridgehead atoms. The molecule has 0 fully saturated rings. The van der Waals surface area contributed by atoms with Crippen LogP contribution in [-0.2, 0) is 12.7 Å². The summed E-state index contributed by atoms with van der Waals surface area (Å²) in [6, 6.07) is 5.62. The lowest BCUT2D eigenvalue weighted by Crippen LogP contribution is -2.08. The van der Waals surface area contributed by atoms with Crippen LogP contribution in [0.25, 0.3) is 16.9 Å². The van der Waals surface area contributed by atoms with E-state index in [1.807, 2.05) is 0 Å². The Kier molecular flexibility index (Phi) is 4.49. The Hall–Kier alpha value is -3.76. The van der Waals surface area contributed by atoms with Crippen LogP contribution in [0, 0.1) is 5.82 Å². The fraction of sp³-hybridized carbons (Fsp3) is 0.111. The summed E-state index contributed by atoms with van der Waals surface area (Å²) in [7, 11) is 0. The van der Waals surface area contributed by atoms with Crippen molar-refractivity contribution in [2.24, 2.45) is 0 Å². The van der Waals surface area contributed by atoms with Crippen LogP contribution >= 0.6 is 0 Å². The molecular weight excluding hydrogens is 390 g/mol. The van der Waals surface area contributed by atoms with Gasteiger partial charge in [-0.15, -0.1) is 5.10 Å². The summed E-state index contributed by atoms with van der Waals surface area (Å²) in [5, 5.41) is 7.02. The van der Waals surface area contributed by atoms with Crippen LogP contribution in [0.15, 0.2) is 49.1 Å². The Morgan fingerprint density at radius 1 is 1.07 bits per heavy atom. The van der Waals surface area contributed by atoms with Crippen LogP contribution in [0.1, 0.15) is 11.1 Å². The molecule has 7 nitrogen and oxygen atoms in total. The minimum absolute atomic E-state index is 0.0697. The third kappa shape index (κ3) is 3.79. The highest BCUT2D eigenvalue weighted by Gasteiger charge is 2.31. The largest absolute Gasteiger partial charge is 0.416 e. The Morgan fingerprint density at radius 3 is 2.69 bits per heavy atom. The molecule has 0 aliphatic heterocycles. The van der Waals surface area contributed by atoms with E-state index in [9.17, 15) is 17.6 Å². The molecule has 0 saturated heterocycles. The van der Waals surface area contributed by atoms with Gasteiger partial charge in [0.15, 0.2) is 11.5 Å². The topological polar surface area (TPSA) is 94.0 Å². The van der Waals surface area contributed by atoms with Crippen LogP contribution < -0.4 is 11.1 Å². The second-order valence-electron chi connectivity index (χ2n) is 6.14. The fourth-order valence-corrected chi connectivity index (χ4v) is 2.85. The molecule has 0 aliphatic rings. The van der Waals surface area contributed by atoms with E-state index in [2.05, 4.69) is 25.4 Å². The zero-order valence-corrected chi connectivity index (χ0v) is 14.7. The molecule has 29 heavy (non-hydrogen) atoms. The SMILES string of the molecule is Nc1nn2cccnc2c1-c1cc(NCc2cc(F)cc(C(F)(F)F)c2)ncn1. The minimum atomic E-state index is -4.63. The Labute approximate surface area is 161 Å². The van der Waals surface area contributed by atoms with E-state index in [-0.39, 0.29) is 17.9 Å². The highest BCUT2D eigenvalue weighted by atomic mass is 19.4. The molecule has 4 rings (SSSR count). The average molecular weight is 403 g/mol. The van der Waals surface area contributed by atoms with Gasteiger partial charge in [-0.1, -0.05) is 0 Å². The van der Waals surface area contributed by atoms with E-state index in [1.165, 1.54) is 10.8 Å². The van der Waals surface area contributed by atoms with Gasteiger partial charge in [-0.3, -0.25) is 0 Å². The number of fused-ring (bicyclic) bond motifs is 1. The van der Waals surface area contributed by atoms with Crippen molar-refractivity contribution < 1.29 is 17.6 Å². The summed E-state index contributed by atoms with van der Waals surface area (Å²) in [5.74, 6) is -0.430. The molecule has 0 radical (unpaired) electrons. The lowest BCUT2D eigenvalue weighted by Gasteiger charge is -2.11. The third-order valence-corrected chi connectivity index (χ3v) is 4.10. The summed E-state index contributed by atoms with van der Waals surface area (Å²) >= 11 is 0. The molecule has 1 aromatic carbocycles. The number of aromatic nitrogens is 5. The van der Waals surface area contributed by atoms with Crippen LogP contribution in [0.5, 0.6) is 0 Å². The number of rotatable bonds is 4. The number of nitrogens with two attached hydrogens (primary N) is 1. The molecule has 0 aliphatic carbocycles. The summed E-state index contributed by atoms with van der Waals surface area (Å²) in [5.41, 5.74) is 6.47. The van der Waals surface area contributed by atoms with Gasteiger partial charge in [-0.05, 0) is 29.8 Å². The molecular formula is C18H13F4N7. The van der Waals surface area contributed by atoms with E-state index < -0.39 is 17.6 Å². The average Bonchev–Trinajstić information content (AvgIpc) is 3.01. The standard InChI is InChI=1S/C18H13F4N7/c19-12-5-10(4-11(6-12)18(20,21)22)8-25-14-7-13(26-9-27-14)15-16(23)28-29-3-1-2-24-17(15)29/h1-7,9H,8H2,(H2,23,28)(H,25,26,27). The maximum atomic E-state index is 13.5. The second kappa shape index (κ2) is 7.00. The van der Waals surface area contributed by atoms with E-state index in [0.717, 1.165) is 12.1 Å². The predicted molar refractivity (Wildman–Crippen MR) is 97.2 cm³/mol. The van der Waals surface area contributed by atoms with Crippen LogP contribution in [0.2, 0.25) is 0 Å². The highest BCUT2D eigenvalue weighted by Crippen LogP contribution is 2.31. The van der Waals surface area contributed by atoms with E-state index in [4.69, 9.17) is 5.73 Å². The number of nitrogens with zero attached hydrogens (tertiary/aromatic N) is 5. The second-order valence-corrected chi connectivity index (χ2v) is 6.14. The molecule has 0 atom stereocenters. The van der Waals surface area contributed by atoms with Crippen molar-refractivity contribution in [2.75, 3.05) is 11.1 Å². The van der Waals surface area contributed by atoms with Gasteiger partial charge in [-0.25, -0.2) is 23.9 Å². The first-order valence-electron chi connectivity index (χ1n) is 8.33. The first kappa shape index (κ1) is 18.6. The van der Waals surface area contributed by atoms with Crippen molar-refractivity contribution in [1.29, 1.82) is 0 Å². The highest BCUT2D eigenvalue weighted by molar-refractivity contribution is 5.84. The molecule has 148 valence electrons. The summed E-state index contributed by atoms with van der Waals surface area (Å²) in [6.45, 7) is -0.0697. The molecule has 3 N–H and O–H groups in total. The fourth-order valence-electron chi connectivity index (χ4n) is 2.85. The molecule has 11 heteroatoms. The quantitative estimate of drug-likeness (QED) is 0.506. The van der Waals surface area contributed by atoms with Gasteiger partial charge in [0.05, 0.1) is 16.8 Å². The monoisotopic (exact) mass is 403 g/mol. The zero-order chi connectivity index (χ0) is 20.6. The maximum Gasteiger partial charge on any atom is 0.416 e. The Balaban J connectivity index is 1.61. The number of anilines is 2. The van der Waals surface area contributed by atoms with Crippen LogP contribution in [0.3, 0.4) is 0 Å². The molecule has 0 saturated carbocycles. The molecule has 0 amide bonds. The van der Waals surface area contributed by atoms with Crippen LogP contribution in [-0.4, -0.2) is 24.6 Å². The summed E-state index contributed by atoms with van der Waals surface area (Å²) in [6.07, 6.45) is -0.0869. The van der Waals surface area contributed by atoms with Gasteiger partial charge in [0, 0.05) is 25.0 Å². The first-order chi connectivity index (χ1) is 13.8. The van der Waals surface area contributed by atoms with E-state index in [1.54, 1.807) is 24.5 Å². The van der Waals surface area contributed by atoms with E-state index in [0.29, 0.717) is 28.8 Å². The number of nitrogens with one attached hydrogen (secondary N) is 1. The van der Waals surface area contributed by atoms with Crippen molar-refractivity contribution in [2.45, 2.75) is 12.7 Å². The van der Waals surface area contributed by atoms with Crippen molar-refractivity contribution >= 4 is 17.3 Å².